The van der Waals surface area contributed by atoms with Gasteiger partial charge in [0.25, 0.3) is 0 Å². The maximum atomic E-state index is 12.8. The summed E-state index contributed by atoms with van der Waals surface area (Å²) >= 11 is 0. The second-order valence-electron chi connectivity index (χ2n) is 18.8. The Morgan fingerprint density at radius 3 is 0.985 bits per heavy atom. The van der Waals surface area contributed by atoms with Gasteiger partial charge in [-0.2, -0.15) is 0 Å². The fourth-order valence-electron chi connectivity index (χ4n) is 7.98. The van der Waals surface area contributed by atoms with Gasteiger partial charge in [-0.15, -0.1) is 0 Å². The van der Waals surface area contributed by atoms with E-state index in [2.05, 4.69) is 81.5 Å². The maximum Gasteiger partial charge on any atom is 0.306 e. The molecular formula is C60H106O6. The van der Waals surface area contributed by atoms with E-state index in [0.717, 1.165) is 89.9 Å². The molecule has 0 aromatic heterocycles. The first-order valence-corrected chi connectivity index (χ1v) is 28.3. The molecule has 0 bridgehead atoms. The molecule has 6 nitrogen and oxygen atoms in total. The molecule has 0 amide bonds. The van der Waals surface area contributed by atoms with Crippen LogP contribution in [0.15, 0.2) is 60.8 Å². The van der Waals surface area contributed by atoms with Crippen molar-refractivity contribution in [1.29, 1.82) is 0 Å². The van der Waals surface area contributed by atoms with Crippen LogP contribution in [0.5, 0.6) is 0 Å². The Morgan fingerprint density at radius 2 is 0.591 bits per heavy atom. The van der Waals surface area contributed by atoms with Gasteiger partial charge in [0.1, 0.15) is 13.2 Å². The molecule has 66 heavy (non-hydrogen) atoms. The Bertz CT molecular complexity index is 1200. The Kier molecular flexibility index (Phi) is 52.3. The van der Waals surface area contributed by atoms with Crippen LogP contribution in [0.4, 0.5) is 0 Å². The summed E-state index contributed by atoms with van der Waals surface area (Å²) in [5, 5.41) is 0. The average molecular weight is 924 g/mol. The minimum absolute atomic E-state index is 0.0882. The molecule has 6 heteroatoms. The van der Waals surface area contributed by atoms with Gasteiger partial charge < -0.3 is 14.2 Å². The summed E-state index contributed by atoms with van der Waals surface area (Å²) in [7, 11) is 0. The number of carbonyl (C=O) groups excluding carboxylic acids is 3. The summed E-state index contributed by atoms with van der Waals surface area (Å²) < 4.78 is 16.8. The van der Waals surface area contributed by atoms with E-state index in [9.17, 15) is 14.4 Å². The van der Waals surface area contributed by atoms with Crippen LogP contribution < -0.4 is 0 Å². The summed E-state index contributed by atoms with van der Waals surface area (Å²) in [6.07, 6.45) is 67.9. The van der Waals surface area contributed by atoms with Crippen LogP contribution in [0.3, 0.4) is 0 Å². The Hall–Kier alpha value is -2.89. The van der Waals surface area contributed by atoms with Gasteiger partial charge in [0.05, 0.1) is 0 Å². The lowest BCUT2D eigenvalue weighted by molar-refractivity contribution is -0.167. The molecule has 0 rings (SSSR count). The predicted molar refractivity (Wildman–Crippen MR) is 284 cm³/mol. The third kappa shape index (κ3) is 52.1. The van der Waals surface area contributed by atoms with E-state index in [1.54, 1.807) is 0 Å². The minimum Gasteiger partial charge on any atom is -0.462 e. The molecule has 0 N–H and O–H groups in total. The van der Waals surface area contributed by atoms with Crippen molar-refractivity contribution >= 4 is 17.9 Å². The first kappa shape index (κ1) is 63.1. The zero-order valence-corrected chi connectivity index (χ0v) is 43.7. The van der Waals surface area contributed by atoms with Crippen LogP contribution in [0.2, 0.25) is 0 Å². The molecule has 0 saturated carbocycles. The molecule has 0 aliphatic rings. The van der Waals surface area contributed by atoms with Gasteiger partial charge >= 0.3 is 17.9 Å². The Labute approximate surface area is 409 Å². The molecule has 0 fully saturated rings. The second-order valence-corrected chi connectivity index (χ2v) is 18.8. The maximum absolute atomic E-state index is 12.8. The predicted octanol–water partition coefficient (Wildman–Crippen LogP) is 18.8. The van der Waals surface area contributed by atoms with Gasteiger partial charge in [-0.25, -0.2) is 0 Å². The zero-order valence-electron chi connectivity index (χ0n) is 43.7. The lowest BCUT2D eigenvalue weighted by Crippen LogP contribution is -2.30. The number of esters is 3. The van der Waals surface area contributed by atoms with Crippen molar-refractivity contribution in [3.8, 4) is 0 Å². The number of rotatable bonds is 51. The highest BCUT2D eigenvalue weighted by Crippen LogP contribution is 2.15. The summed E-state index contributed by atoms with van der Waals surface area (Å²) in [6.45, 7) is 6.48. The standard InChI is InChI=1S/C60H106O6/c1-4-7-10-13-16-19-22-25-26-27-28-29-30-31-32-33-34-36-38-41-44-47-50-53-59(62)65-56-57(55-64-58(61)52-49-46-43-40-37-24-21-18-15-12-9-6-3)66-60(63)54-51-48-45-42-39-35-23-20-17-14-11-8-5-2/h8,11,17-18,20-21,27-28,35,39,57H,4-7,9-10,12-16,19,22-26,29-34,36-38,40-56H2,1-3H3/b11-8-,20-17-,21-18-,28-27-,39-35-. The largest absolute Gasteiger partial charge is 0.462 e. The summed E-state index contributed by atoms with van der Waals surface area (Å²) in [5.74, 6) is -0.921. The van der Waals surface area contributed by atoms with E-state index >= 15 is 0 Å². The Balaban J connectivity index is 4.28. The van der Waals surface area contributed by atoms with Crippen LogP contribution in [-0.2, 0) is 28.6 Å². The molecule has 0 radical (unpaired) electrons. The van der Waals surface area contributed by atoms with Crippen LogP contribution in [-0.4, -0.2) is 37.2 Å². The molecule has 0 heterocycles. The lowest BCUT2D eigenvalue weighted by Gasteiger charge is -2.18. The summed E-state index contributed by atoms with van der Waals surface area (Å²) in [5.41, 5.74) is 0. The molecule has 0 aromatic carbocycles. The SMILES string of the molecule is CC/C=C\C/C=C\C/C=C\CCCCCC(=O)OC(COC(=O)CCCCCCC/C=C\CCCCC)COC(=O)CCCCCCCCCCCCC/C=C\CCCCCCCCCC. The van der Waals surface area contributed by atoms with Gasteiger partial charge in [-0.3, -0.25) is 14.4 Å². The third-order valence-corrected chi connectivity index (χ3v) is 12.2. The molecular weight excluding hydrogens is 817 g/mol. The van der Waals surface area contributed by atoms with E-state index < -0.39 is 6.10 Å². The highest BCUT2D eigenvalue weighted by Gasteiger charge is 2.19. The third-order valence-electron chi connectivity index (χ3n) is 12.2. The first-order valence-electron chi connectivity index (χ1n) is 28.3. The highest BCUT2D eigenvalue weighted by atomic mass is 16.6. The van der Waals surface area contributed by atoms with Gasteiger partial charge in [-0.1, -0.05) is 223 Å². The number of hydrogen-bond acceptors (Lipinski definition) is 6. The lowest BCUT2D eigenvalue weighted by atomic mass is 10.0. The Morgan fingerprint density at radius 1 is 0.318 bits per heavy atom. The van der Waals surface area contributed by atoms with Crippen molar-refractivity contribution in [2.75, 3.05) is 13.2 Å². The number of allylic oxidation sites excluding steroid dienone is 10. The quantitative estimate of drug-likeness (QED) is 0.0262. The van der Waals surface area contributed by atoms with Crippen molar-refractivity contribution in [2.24, 2.45) is 0 Å². The molecule has 1 unspecified atom stereocenters. The second kappa shape index (κ2) is 54.7. The van der Waals surface area contributed by atoms with Gasteiger partial charge in [0.2, 0.25) is 0 Å². The zero-order chi connectivity index (χ0) is 47.9. The molecule has 1 atom stereocenters. The van der Waals surface area contributed by atoms with Crippen molar-refractivity contribution in [3.63, 3.8) is 0 Å². The van der Waals surface area contributed by atoms with Gasteiger partial charge in [-0.05, 0) is 103 Å². The topological polar surface area (TPSA) is 78.9 Å². The number of ether oxygens (including phenoxy) is 3. The van der Waals surface area contributed by atoms with E-state index in [4.69, 9.17) is 14.2 Å². The fourth-order valence-corrected chi connectivity index (χ4v) is 7.98. The van der Waals surface area contributed by atoms with E-state index in [1.807, 2.05) is 0 Å². The smallest absolute Gasteiger partial charge is 0.306 e. The average Bonchev–Trinajstić information content (AvgIpc) is 3.31. The number of unbranched alkanes of at least 4 members (excludes halogenated alkanes) is 30. The van der Waals surface area contributed by atoms with Crippen molar-refractivity contribution in [3.05, 3.63) is 60.8 Å². The summed E-state index contributed by atoms with van der Waals surface area (Å²) in [6, 6.07) is 0. The van der Waals surface area contributed by atoms with Crippen LogP contribution in [0, 0.1) is 0 Å². The van der Waals surface area contributed by atoms with Crippen LogP contribution in [0.25, 0.3) is 0 Å². The normalized spacial score (nSPS) is 12.5. The van der Waals surface area contributed by atoms with Gasteiger partial charge in [0, 0.05) is 19.3 Å². The van der Waals surface area contributed by atoms with Crippen molar-refractivity contribution in [2.45, 2.75) is 290 Å². The molecule has 0 spiro atoms. The van der Waals surface area contributed by atoms with E-state index in [0.29, 0.717) is 19.3 Å². The molecule has 0 saturated heterocycles. The van der Waals surface area contributed by atoms with Crippen molar-refractivity contribution in [1.82, 2.24) is 0 Å². The van der Waals surface area contributed by atoms with Crippen LogP contribution >= 0.6 is 0 Å². The fraction of sp³-hybridized carbons (Fsp3) is 0.783. The molecule has 382 valence electrons. The number of hydrogen-bond donors (Lipinski definition) is 0. The summed E-state index contributed by atoms with van der Waals surface area (Å²) in [4.78, 5) is 38.0. The van der Waals surface area contributed by atoms with Crippen molar-refractivity contribution < 1.29 is 28.6 Å². The van der Waals surface area contributed by atoms with Crippen LogP contribution in [0.1, 0.15) is 284 Å². The highest BCUT2D eigenvalue weighted by molar-refractivity contribution is 5.71. The van der Waals surface area contributed by atoms with E-state index in [-0.39, 0.29) is 31.1 Å². The first-order chi connectivity index (χ1) is 32.5. The molecule has 0 aliphatic carbocycles. The van der Waals surface area contributed by atoms with Gasteiger partial charge in [0.15, 0.2) is 6.10 Å². The monoisotopic (exact) mass is 923 g/mol. The molecule has 0 aromatic rings. The molecule has 0 aliphatic heterocycles. The number of carbonyl (C=O) groups is 3. The van der Waals surface area contributed by atoms with E-state index in [1.165, 1.54) is 154 Å². The minimum atomic E-state index is -0.792.